The first-order valence-corrected chi connectivity index (χ1v) is 32.3. The largest absolute Gasteiger partial charge is 0.756 e. The van der Waals surface area contributed by atoms with E-state index in [1.807, 2.05) is 33.3 Å². The highest BCUT2D eigenvalue weighted by Crippen LogP contribution is 2.38. The maximum absolute atomic E-state index is 13.5. The number of quaternary nitrogens is 1. The van der Waals surface area contributed by atoms with Gasteiger partial charge in [-0.15, -0.1) is 0 Å². The number of esters is 1. The van der Waals surface area contributed by atoms with Gasteiger partial charge in [0.15, 0.2) is 0 Å². The van der Waals surface area contributed by atoms with E-state index in [9.17, 15) is 19.0 Å². The van der Waals surface area contributed by atoms with E-state index in [2.05, 4.69) is 50.4 Å². The van der Waals surface area contributed by atoms with Crippen LogP contribution in [0.3, 0.4) is 0 Å². The van der Waals surface area contributed by atoms with E-state index < -0.39 is 20.0 Å². The molecule has 0 radical (unpaired) electrons. The lowest BCUT2D eigenvalue weighted by atomic mass is 10.0. The molecule has 0 aromatic rings. The van der Waals surface area contributed by atoms with Gasteiger partial charge < -0.3 is 28.5 Å². The fraction of sp³-hybridized carbons (Fsp3) is 0.871. The Hall–Kier alpha value is -1.77. The molecular weight excluding hydrogens is 916 g/mol. The number of rotatable bonds is 56. The number of likely N-dealkylation sites (N-methyl/N-ethyl adjacent to an activating group) is 1. The highest BCUT2D eigenvalue weighted by atomic mass is 31.2. The van der Waals surface area contributed by atoms with Crippen LogP contribution in [-0.4, -0.2) is 69.4 Å². The second-order valence-electron chi connectivity index (χ2n) is 22.2. The number of unbranched alkanes of at least 4 members (excludes halogenated alkanes) is 36. The minimum atomic E-state index is -4.69. The van der Waals surface area contributed by atoms with E-state index in [1.165, 1.54) is 199 Å². The first-order chi connectivity index (χ1) is 34.9. The molecule has 0 aromatic carbocycles. The maximum atomic E-state index is 13.5. The Balaban J connectivity index is 5.11. The lowest BCUT2D eigenvalue weighted by molar-refractivity contribution is -0.870. The van der Waals surface area contributed by atoms with Gasteiger partial charge in [0, 0.05) is 12.8 Å². The van der Waals surface area contributed by atoms with Crippen molar-refractivity contribution in [1.29, 1.82) is 0 Å². The predicted molar refractivity (Wildman–Crippen MR) is 307 cm³/mol. The molecule has 9 nitrogen and oxygen atoms in total. The molecule has 0 aliphatic carbocycles. The van der Waals surface area contributed by atoms with E-state index in [0.717, 1.165) is 64.2 Å². The van der Waals surface area contributed by atoms with Crippen LogP contribution in [0.5, 0.6) is 0 Å². The number of nitrogens with one attached hydrogen (secondary N) is 1. The number of hydrogen-bond donors (Lipinski definition) is 1. The van der Waals surface area contributed by atoms with Gasteiger partial charge in [0.2, 0.25) is 5.91 Å². The fourth-order valence-corrected chi connectivity index (χ4v) is 9.75. The molecule has 3 atom stereocenters. The minimum absolute atomic E-state index is 0.0197. The number of allylic oxidation sites excluding steroid dienone is 5. The van der Waals surface area contributed by atoms with Gasteiger partial charge in [-0.3, -0.25) is 14.2 Å². The number of hydrogen-bond acceptors (Lipinski definition) is 7. The summed E-state index contributed by atoms with van der Waals surface area (Å²) in [4.78, 5) is 39.9. The van der Waals surface area contributed by atoms with E-state index in [0.29, 0.717) is 17.4 Å². The zero-order valence-electron chi connectivity index (χ0n) is 48.4. The average molecular weight is 1040 g/mol. The Morgan fingerprint density at radius 3 is 1.28 bits per heavy atom. The highest BCUT2D eigenvalue weighted by molar-refractivity contribution is 7.45. The number of carbonyl (C=O) groups is 2. The molecule has 0 spiro atoms. The van der Waals surface area contributed by atoms with Crippen LogP contribution in [-0.2, 0) is 27.9 Å². The van der Waals surface area contributed by atoms with Gasteiger partial charge in [-0.2, -0.15) is 0 Å². The summed E-state index contributed by atoms with van der Waals surface area (Å²) in [6.07, 6.45) is 62.5. The van der Waals surface area contributed by atoms with Crippen LogP contribution in [0.4, 0.5) is 0 Å². The molecule has 0 aromatic heterocycles. The molecule has 72 heavy (non-hydrogen) atoms. The van der Waals surface area contributed by atoms with Crippen molar-refractivity contribution < 1.29 is 37.3 Å². The van der Waals surface area contributed by atoms with Crippen molar-refractivity contribution in [1.82, 2.24) is 5.32 Å². The summed E-state index contributed by atoms with van der Waals surface area (Å²) in [5, 5.41) is 3.02. The third-order valence-electron chi connectivity index (χ3n) is 13.8. The lowest BCUT2D eigenvalue weighted by Crippen LogP contribution is -2.47. The van der Waals surface area contributed by atoms with Crippen molar-refractivity contribution in [3.63, 3.8) is 0 Å². The summed E-state index contributed by atoms with van der Waals surface area (Å²) in [5.41, 5.74) is 0. The third-order valence-corrected chi connectivity index (χ3v) is 14.8. The minimum Gasteiger partial charge on any atom is -0.756 e. The number of nitrogens with zero attached hydrogens (tertiary/aromatic N) is 1. The molecule has 0 rings (SSSR count). The van der Waals surface area contributed by atoms with Gasteiger partial charge in [-0.05, 0) is 63.9 Å². The standard InChI is InChI=1S/C62H119N2O7P/c1-7-10-13-16-19-22-25-27-28-29-30-31-32-33-34-35-36-37-40-43-46-49-52-55-62(66)71-60(53-50-47-44-41-39-26-23-20-17-14-11-8-2)59(58-70-72(67,68)69-57-56-64(4,5)6)63-61(65)54-51-48-45-42-38-24-21-18-15-12-9-3/h19,22,27-28,50,53,59-60H,7-18,20-21,23-26,29-49,51-52,54-58H2,1-6H3,(H-,63,65,67,68)/b22-19-,28-27-,53-50-. The molecule has 0 aliphatic heterocycles. The zero-order valence-corrected chi connectivity index (χ0v) is 49.3. The molecule has 0 heterocycles. The Morgan fingerprint density at radius 2 is 0.847 bits per heavy atom. The molecule has 10 heteroatoms. The molecule has 0 bridgehead atoms. The second kappa shape index (κ2) is 52.7. The van der Waals surface area contributed by atoms with Crippen molar-refractivity contribution in [3.05, 3.63) is 36.5 Å². The quantitative estimate of drug-likeness (QED) is 0.0212. The smallest absolute Gasteiger partial charge is 0.306 e. The van der Waals surface area contributed by atoms with Crippen molar-refractivity contribution in [2.45, 2.75) is 309 Å². The number of carbonyl (C=O) groups excluding carboxylic acids is 2. The third kappa shape index (κ3) is 53.1. The molecule has 424 valence electrons. The predicted octanol–water partition coefficient (Wildman–Crippen LogP) is 18.1. The van der Waals surface area contributed by atoms with E-state index in [1.54, 1.807) is 0 Å². The van der Waals surface area contributed by atoms with Crippen LogP contribution >= 0.6 is 7.82 Å². The molecule has 1 N–H and O–H groups in total. The van der Waals surface area contributed by atoms with Gasteiger partial charge in [-0.25, -0.2) is 0 Å². The van der Waals surface area contributed by atoms with Crippen molar-refractivity contribution in [2.75, 3.05) is 40.9 Å². The summed E-state index contributed by atoms with van der Waals surface area (Å²) in [7, 11) is 1.20. The summed E-state index contributed by atoms with van der Waals surface area (Å²) in [6, 6.07) is -0.882. The number of phosphoric ester groups is 1. The van der Waals surface area contributed by atoms with Gasteiger partial charge in [0.25, 0.3) is 7.82 Å². The Morgan fingerprint density at radius 1 is 0.486 bits per heavy atom. The molecule has 0 saturated heterocycles. The van der Waals surface area contributed by atoms with Gasteiger partial charge in [0.1, 0.15) is 19.3 Å². The normalized spacial score (nSPS) is 13.9. The SMILES string of the molecule is CCCCC/C=C\C/C=C\CCCCCCCCCCCCCCCC(=O)OC(/C=C\CCCCCCCCCCCC)C(COP(=O)([O-])OCC[N+](C)(C)C)NC(=O)CCCCCCCCCCCCC. The monoisotopic (exact) mass is 1030 g/mol. The average Bonchev–Trinajstić information content (AvgIpc) is 3.34. The maximum Gasteiger partial charge on any atom is 0.306 e. The van der Waals surface area contributed by atoms with Crippen molar-refractivity contribution in [3.8, 4) is 0 Å². The number of ether oxygens (including phenoxy) is 1. The van der Waals surface area contributed by atoms with Crippen molar-refractivity contribution in [2.24, 2.45) is 0 Å². The van der Waals surface area contributed by atoms with Crippen LogP contribution < -0.4 is 10.2 Å². The first kappa shape index (κ1) is 70.2. The molecule has 3 unspecified atom stereocenters. The summed E-state index contributed by atoms with van der Waals surface area (Å²) in [6.45, 7) is 6.83. The van der Waals surface area contributed by atoms with Crippen LogP contribution in [0.2, 0.25) is 0 Å². The zero-order chi connectivity index (χ0) is 52.9. The molecule has 0 fully saturated rings. The van der Waals surface area contributed by atoms with Crippen molar-refractivity contribution >= 4 is 19.7 Å². The Labute approximate surface area is 446 Å². The highest BCUT2D eigenvalue weighted by Gasteiger charge is 2.27. The van der Waals surface area contributed by atoms with Crippen LogP contribution in [0.15, 0.2) is 36.5 Å². The lowest BCUT2D eigenvalue weighted by Gasteiger charge is -2.30. The molecule has 1 amide bonds. The Kier molecular flexibility index (Phi) is 51.4. The van der Waals surface area contributed by atoms with Crippen LogP contribution in [0.25, 0.3) is 0 Å². The number of amides is 1. The van der Waals surface area contributed by atoms with Gasteiger partial charge in [-0.1, -0.05) is 257 Å². The summed E-state index contributed by atoms with van der Waals surface area (Å²) < 4.78 is 30.3. The molecular formula is C62H119N2O7P. The summed E-state index contributed by atoms with van der Waals surface area (Å²) >= 11 is 0. The topological polar surface area (TPSA) is 114 Å². The number of phosphoric acid groups is 1. The van der Waals surface area contributed by atoms with Gasteiger partial charge >= 0.3 is 5.97 Å². The van der Waals surface area contributed by atoms with E-state index in [4.69, 9.17) is 13.8 Å². The van der Waals surface area contributed by atoms with Crippen LogP contribution in [0.1, 0.15) is 297 Å². The summed E-state index contributed by atoms with van der Waals surface area (Å²) in [5.74, 6) is -0.531. The fourth-order valence-electron chi connectivity index (χ4n) is 9.02. The van der Waals surface area contributed by atoms with Gasteiger partial charge in [0.05, 0.1) is 33.8 Å². The van der Waals surface area contributed by atoms with E-state index >= 15 is 0 Å². The Bertz CT molecular complexity index is 1330. The molecule has 0 aliphatic rings. The van der Waals surface area contributed by atoms with Crippen LogP contribution in [0, 0.1) is 0 Å². The first-order valence-electron chi connectivity index (χ1n) is 30.8. The second-order valence-corrected chi connectivity index (χ2v) is 23.6. The van der Waals surface area contributed by atoms with E-state index in [-0.39, 0.29) is 31.5 Å². The molecule has 0 saturated carbocycles.